The topological polar surface area (TPSA) is 15.3 Å². The van der Waals surface area contributed by atoms with Gasteiger partial charge in [0.2, 0.25) is 0 Å². The summed E-state index contributed by atoms with van der Waals surface area (Å²) in [5, 5.41) is 3.56. The second-order valence-electron chi connectivity index (χ2n) is 6.95. The van der Waals surface area contributed by atoms with E-state index in [1.807, 2.05) is 0 Å². The fourth-order valence-electron chi connectivity index (χ4n) is 2.61. The van der Waals surface area contributed by atoms with Crippen LogP contribution in [-0.4, -0.2) is 36.6 Å². The Hall–Kier alpha value is -0.0800. The van der Waals surface area contributed by atoms with E-state index < -0.39 is 0 Å². The highest BCUT2D eigenvalue weighted by molar-refractivity contribution is 4.75. The second-order valence-corrected chi connectivity index (χ2v) is 6.95. The van der Waals surface area contributed by atoms with Gasteiger partial charge in [-0.25, -0.2) is 0 Å². The first-order chi connectivity index (χ1) is 7.88. The number of nitrogens with one attached hydrogen (secondary N) is 1. The van der Waals surface area contributed by atoms with Gasteiger partial charge in [0.05, 0.1) is 0 Å². The molecule has 1 heterocycles. The highest BCUT2D eigenvalue weighted by Crippen LogP contribution is 2.24. The van der Waals surface area contributed by atoms with Crippen molar-refractivity contribution in [3.05, 3.63) is 0 Å². The SMILES string of the molecule is CC(C)C1CCN(CCCNC(C)(C)C)CC1. The Morgan fingerprint density at radius 2 is 1.76 bits per heavy atom. The Morgan fingerprint density at radius 1 is 1.18 bits per heavy atom. The van der Waals surface area contributed by atoms with E-state index in [2.05, 4.69) is 44.8 Å². The molecule has 2 heteroatoms. The summed E-state index contributed by atoms with van der Waals surface area (Å²) >= 11 is 0. The van der Waals surface area contributed by atoms with Crippen LogP contribution in [0.3, 0.4) is 0 Å². The Balaban J connectivity index is 2.07. The molecule has 2 nitrogen and oxygen atoms in total. The third-order valence-electron chi connectivity index (χ3n) is 3.88. The van der Waals surface area contributed by atoms with Crippen molar-refractivity contribution in [2.45, 2.75) is 59.4 Å². The molecule has 1 aliphatic rings. The Bertz CT molecular complexity index is 197. The molecule has 0 unspecified atom stereocenters. The van der Waals surface area contributed by atoms with E-state index in [4.69, 9.17) is 0 Å². The van der Waals surface area contributed by atoms with E-state index in [1.54, 1.807) is 0 Å². The van der Waals surface area contributed by atoms with Crippen molar-refractivity contribution in [1.29, 1.82) is 0 Å². The smallest absolute Gasteiger partial charge is 0.00965 e. The number of hydrogen-bond donors (Lipinski definition) is 1. The van der Waals surface area contributed by atoms with E-state index in [1.165, 1.54) is 38.9 Å². The summed E-state index contributed by atoms with van der Waals surface area (Å²) in [5.41, 5.74) is 0.268. The van der Waals surface area contributed by atoms with Gasteiger partial charge in [0.15, 0.2) is 0 Å². The monoisotopic (exact) mass is 240 g/mol. The first-order valence-electron chi connectivity index (χ1n) is 7.36. The summed E-state index contributed by atoms with van der Waals surface area (Å²) in [6.45, 7) is 16.5. The Kier molecular flexibility index (Phi) is 5.94. The zero-order valence-corrected chi connectivity index (χ0v) is 12.6. The van der Waals surface area contributed by atoms with Crippen molar-refractivity contribution in [1.82, 2.24) is 10.2 Å². The molecule has 17 heavy (non-hydrogen) atoms. The van der Waals surface area contributed by atoms with Crippen LogP contribution < -0.4 is 5.32 Å². The van der Waals surface area contributed by atoms with Gasteiger partial charge in [0.1, 0.15) is 0 Å². The predicted octanol–water partition coefficient (Wildman–Crippen LogP) is 3.13. The number of hydrogen-bond acceptors (Lipinski definition) is 2. The minimum Gasteiger partial charge on any atom is -0.312 e. The van der Waals surface area contributed by atoms with Crippen LogP contribution in [0, 0.1) is 11.8 Å². The molecule has 102 valence electrons. The normalized spacial score (nSPS) is 20.1. The van der Waals surface area contributed by atoms with Gasteiger partial charge >= 0.3 is 0 Å². The molecule has 1 N–H and O–H groups in total. The molecule has 0 radical (unpaired) electrons. The van der Waals surface area contributed by atoms with E-state index in [-0.39, 0.29) is 5.54 Å². The van der Waals surface area contributed by atoms with Crippen molar-refractivity contribution < 1.29 is 0 Å². The molecule has 0 amide bonds. The van der Waals surface area contributed by atoms with Crippen LogP contribution in [0.4, 0.5) is 0 Å². The zero-order chi connectivity index (χ0) is 12.9. The average Bonchev–Trinajstić information content (AvgIpc) is 2.24. The van der Waals surface area contributed by atoms with Crippen molar-refractivity contribution in [2.24, 2.45) is 11.8 Å². The van der Waals surface area contributed by atoms with Gasteiger partial charge in [-0.1, -0.05) is 13.8 Å². The fraction of sp³-hybridized carbons (Fsp3) is 1.00. The lowest BCUT2D eigenvalue weighted by Gasteiger charge is -2.34. The Morgan fingerprint density at radius 3 is 2.24 bits per heavy atom. The minimum absolute atomic E-state index is 0.268. The lowest BCUT2D eigenvalue weighted by molar-refractivity contribution is 0.155. The highest BCUT2D eigenvalue weighted by atomic mass is 15.1. The average molecular weight is 240 g/mol. The van der Waals surface area contributed by atoms with Gasteiger partial charge in [-0.05, 0) is 78.0 Å². The van der Waals surface area contributed by atoms with E-state index in [0.29, 0.717) is 0 Å². The van der Waals surface area contributed by atoms with Crippen molar-refractivity contribution >= 4 is 0 Å². The molecule has 1 aliphatic heterocycles. The number of likely N-dealkylation sites (tertiary alicyclic amines) is 1. The molecule has 1 fully saturated rings. The molecule has 0 aromatic heterocycles. The molecule has 1 rings (SSSR count). The summed E-state index contributed by atoms with van der Waals surface area (Å²) in [6, 6.07) is 0. The number of piperidine rings is 1. The second kappa shape index (κ2) is 6.75. The van der Waals surface area contributed by atoms with Crippen molar-refractivity contribution in [3.8, 4) is 0 Å². The molecule has 0 aliphatic carbocycles. The van der Waals surface area contributed by atoms with Gasteiger partial charge in [-0.2, -0.15) is 0 Å². The highest BCUT2D eigenvalue weighted by Gasteiger charge is 2.20. The number of nitrogens with zero attached hydrogens (tertiary/aromatic N) is 1. The van der Waals surface area contributed by atoms with Crippen molar-refractivity contribution in [2.75, 3.05) is 26.2 Å². The summed E-state index contributed by atoms with van der Waals surface area (Å²) in [6.07, 6.45) is 4.10. The maximum atomic E-state index is 3.56. The summed E-state index contributed by atoms with van der Waals surface area (Å²) in [7, 11) is 0. The first kappa shape index (κ1) is 15.0. The molecule has 0 aromatic carbocycles. The van der Waals surface area contributed by atoms with Crippen LogP contribution in [0.1, 0.15) is 53.9 Å². The minimum atomic E-state index is 0.268. The van der Waals surface area contributed by atoms with Crippen LogP contribution in [0.25, 0.3) is 0 Å². The molecule has 0 aromatic rings. The van der Waals surface area contributed by atoms with Gasteiger partial charge in [0, 0.05) is 5.54 Å². The fourth-order valence-corrected chi connectivity index (χ4v) is 2.61. The van der Waals surface area contributed by atoms with Crippen LogP contribution in [-0.2, 0) is 0 Å². The lowest BCUT2D eigenvalue weighted by atomic mass is 9.87. The van der Waals surface area contributed by atoms with Crippen LogP contribution in [0.15, 0.2) is 0 Å². The third kappa shape index (κ3) is 6.42. The summed E-state index contributed by atoms with van der Waals surface area (Å²) < 4.78 is 0. The molecule has 1 saturated heterocycles. The van der Waals surface area contributed by atoms with Crippen LogP contribution >= 0.6 is 0 Å². The molecule has 0 spiro atoms. The lowest BCUT2D eigenvalue weighted by Crippen LogP contribution is -2.39. The number of rotatable bonds is 5. The standard InChI is InChI=1S/C15H32N2/c1-13(2)14-7-11-17(12-8-14)10-6-9-16-15(3,4)5/h13-14,16H,6-12H2,1-5H3. The van der Waals surface area contributed by atoms with Gasteiger partial charge < -0.3 is 10.2 Å². The summed E-state index contributed by atoms with van der Waals surface area (Å²) in [4.78, 5) is 2.64. The van der Waals surface area contributed by atoms with Gasteiger partial charge in [-0.15, -0.1) is 0 Å². The summed E-state index contributed by atoms with van der Waals surface area (Å²) in [5.74, 6) is 1.85. The van der Waals surface area contributed by atoms with E-state index in [9.17, 15) is 0 Å². The van der Waals surface area contributed by atoms with E-state index >= 15 is 0 Å². The molecular formula is C15H32N2. The van der Waals surface area contributed by atoms with Crippen molar-refractivity contribution in [3.63, 3.8) is 0 Å². The van der Waals surface area contributed by atoms with Gasteiger partial charge in [0.25, 0.3) is 0 Å². The predicted molar refractivity (Wildman–Crippen MR) is 76.4 cm³/mol. The quantitative estimate of drug-likeness (QED) is 0.743. The molecule has 0 bridgehead atoms. The molecular weight excluding hydrogens is 208 g/mol. The Labute approximate surface area is 108 Å². The molecule has 0 saturated carbocycles. The maximum absolute atomic E-state index is 3.56. The van der Waals surface area contributed by atoms with Crippen LogP contribution in [0.2, 0.25) is 0 Å². The maximum Gasteiger partial charge on any atom is 0.00965 e. The van der Waals surface area contributed by atoms with Crippen LogP contribution in [0.5, 0.6) is 0 Å². The zero-order valence-electron chi connectivity index (χ0n) is 12.6. The molecule has 0 atom stereocenters. The third-order valence-corrected chi connectivity index (χ3v) is 3.88. The largest absolute Gasteiger partial charge is 0.312 e. The first-order valence-corrected chi connectivity index (χ1v) is 7.36. The van der Waals surface area contributed by atoms with E-state index in [0.717, 1.165) is 18.4 Å². The van der Waals surface area contributed by atoms with Gasteiger partial charge in [-0.3, -0.25) is 0 Å².